The third-order valence-corrected chi connectivity index (χ3v) is 6.82. The molecule has 24 heavy (non-hydrogen) atoms. The van der Waals surface area contributed by atoms with Gasteiger partial charge in [-0.3, -0.25) is 0 Å². The Labute approximate surface area is 153 Å². The monoisotopic (exact) mass is 340 g/mol. The lowest BCUT2D eigenvalue weighted by atomic mass is 10.1. The van der Waals surface area contributed by atoms with Crippen molar-refractivity contribution in [2.45, 2.75) is 97.4 Å². The van der Waals surface area contributed by atoms with E-state index in [2.05, 4.69) is 34.9 Å². The fourth-order valence-corrected chi connectivity index (χ4v) is 4.58. The van der Waals surface area contributed by atoms with Crippen molar-refractivity contribution in [1.82, 2.24) is 0 Å². The first-order valence-electron chi connectivity index (χ1n) is 11.1. The quantitative estimate of drug-likeness (QED) is 0.378. The van der Waals surface area contributed by atoms with Crippen LogP contribution in [0.1, 0.15) is 91.4 Å². The van der Waals surface area contributed by atoms with Gasteiger partial charge in [0.1, 0.15) is 0 Å². The molecule has 0 aromatic heterocycles. The van der Waals surface area contributed by atoms with Gasteiger partial charge in [-0.15, -0.1) is 0 Å². The molecule has 0 aliphatic carbocycles. The van der Waals surface area contributed by atoms with Crippen LogP contribution >= 0.6 is 0 Å². The van der Waals surface area contributed by atoms with E-state index in [1.165, 1.54) is 112 Å². The molecule has 0 aromatic carbocycles. The summed E-state index contributed by atoms with van der Waals surface area (Å²) in [5.74, 6) is 0. The van der Waals surface area contributed by atoms with Crippen molar-refractivity contribution in [3.05, 3.63) is 0 Å². The highest BCUT2D eigenvalue weighted by Crippen LogP contribution is 2.25. The summed E-state index contributed by atoms with van der Waals surface area (Å²) in [5.41, 5.74) is 0. The molecule has 2 atom stereocenters. The highest BCUT2D eigenvalue weighted by Gasteiger charge is 2.33. The van der Waals surface area contributed by atoms with E-state index in [-0.39, 0.29) is 0 Å². The molecule has 2 nitrogen and oxygen atoms in total. The van der Waals surface area contributed by atoms with Crippen molar-refractivity contribution in [1.29, 1.82) is 0 Å². The number of hydrogen-bond acceptors (Lipinski definition) is 0. The van der Waals surface area contributed by atoms with Gasteiger partial charge < -0.3 is 8.97 Å². The third kappa shape index (κ3) is 7.87. The van der Waals surface area contributed by atoms with Gasteiger partial charge in [0, 0.05) is 25.7 Å². The molecule has 2 aliphatic rings. The second-order valence-electron chi connectivity index (χ2n) is 9.18. The molecule has 2 aliphatic heterocycles. The van der Waals surface area contributed by atoms with Crippen LogP contribution in [0.25, 0.3) is 0 Å². The Hall–Kier alpha value is -0.0800. The molecule has 0 bridgehead atoms. The van der Waals surface area contributed by atoms with Crippen LogP contribution in [0.4, 0.5) is 0 Å². The summed E-state index contributed by atoms with van der Waals surface area (Å²) in [6.07, 6.45) is 15.7. The summed E-state index contributed by atoms with van der Waals surface area (Å²) in [5, 5.41) is 0. The Morgan fingerprint density at radius 2 is 1.29 bits per heavy atom. The number of nitrogens with zero attached hydrogens (tertiary/aromatic N) is 2. The van der Waals surface area contributed by atoms with Crippen LogP contribution in [0.15, 0.2) is 0 Å². The molecular weight excluding hydrogens is 292 g/mol. The summed E-state index contributed by atoms with van der Waals surface area (Å²) in [7, 11) is 4.87. The first-order valence-corrected chi connectivity index (χ1v) is 11.1. The zero-order valence-electron chi connectivity index (χ0n) is 17.8. The van der Waals surface area contributed by atoms with Crippen molar-refractivity contribution < 1.29 is 8.97 Å². The number of likely N-dealkylation sites (tertiary alicyclic amines) is 2. The van der Waals surface area contributed by atoms with Gasteiger partial charge >= 0.3 is 0 Å². The molecule has 2 unspecified atom stereocenters. The Morgan fingerprint density at radius 3 is 1.83 bits per heavy atom. The van der Waals surface area contributed by atoms with Gasteiger partial charge in [-0.2, -0.15) is 0 Å². The molecule has 0 saturated carbocycles. The Kier molecular flexibility index (Phi) is 10.5. The van der Waals surface area contributed by atoms with Gasteiger partial charge in [-0.25, -0.2) is 0 Å². The molecule has 2 heteroatoms. The molecule has 2 saturated heterocycles. The van der Waals surface area contributed by atoms with Crippen LogP contribution in [0.5, 0.6) is 0 Å². The largest absolute Gasteiger partial charge is 0.326 e. The zero-order valence-corrected chi connectivity index (χ0v) is 17.8. The fourth-order valence-electron chi connectivity index (χ4n) is 4.58. The Bertz CT molecular complexity index is 309. The second kappa shape index (κ2) is 11.5. The molecule has 0 N–H and O–H groups in total. The van der Waals surface area contributed by atoms with E-state index in [4.69, 9.17) is 0 Å². The minimum atomic E-state index is 0.918. The molecule has 144 valence electrons. The molecule has 2 fully saturated rings. The highest BCUT2D eigenvalue weighted by atomic mass is 15.4. The molecular formula is C22H48N2+2. The molecule has 2 rings (SSSR count). The zero-order chi connectivity index (χ0) is 17.9. The maximum absolute atomic E-state index is 2.45. The van der Waals surface area contributed by atoms with Crippen LogP contribution < -0.4 is 0 Å². The third-order valence-electron chi connectivity index (χ3n) is 6.82. The smallest absolute Gasteiger partial charge is 0.0861 e. The number of hydrogen-bond donors (Lipinski definition) is 0. The second-order valence-corrected chi connectivity index (χ2v) is 9.18. The maximum atomic E-state index is 2.45. The van der Waals surface area contributed by atoms with Crippen LogP contribution in [-0.4, -0.2) is 61.8 Å². The van der Waals surface area contributed by atoms with E-state index in [0.717, 1.165) is 6.04 Å². The fraction of sp³-hybridized carbons (Fsp3) is 1.00. The standard InChI is InChI=1S/C12H26N.C10H22N/c1-4-5-6-7-10-13(3)11-8-9-12(13)2;1-3-4-5-8-11(2)9-6-7-10-11/h12H,4-11H2,1-3H3;3-10H2,1-2H3/q2*+1. The van der Waals surface area contributed by atoms with Crippen molar-refractivity contribution in [2.75, 3.05) is 46.8 Å². The molecule has 0 radical (unpaired) electrons. The first-order chi connectivity index (χ1) is 11.5. The van der Waals surface area contributed by atoms with Gasteiger partial charge in [0.15, 0.2) is 0 Å². The summed E-state index contributed by atoms with van der Waals surface area (Å²) >= 11 is 0. The predicted octanol–water partition coefficient (Wildman–Crippen LogP) is 5.61. The Balaban J connectivity index is 0.000000243. The molecule has 2 heterocycles. The summed E-state index contributed by atoms with van der Waals surface area (Å²) < 4.78 is 2.71. The van der Waals surface area contributed by atoms with Gasteiger partial charge in [0.2, 0.25) is 0 Å². The lowest BCUT2D eigenvalue weighted by molar-refractivity contribution is -0.919. The lowest BCUT2D eigenvalue weighted by Gasteiger charge is -2.34. The highest BCUT2D eigenvalue weighted by molar-refractivity contribution is 4.61. The van der Waals surface area contributed by atoms with Crippen LogP contribution in [-0.2, 0) is 0 Å². The number of quaternary nitrogens is 2. The minimum absolute atomic E-state index is 0.918. The van der Waals surface area contributed by atoms with E-state index in [9.17, 15) is 0 Å². The topological polar surface area (TPSA) is 0 Å². The van der Waals surface area contributed by atoms with Crippen molar-refractivity contribution in [3.8, 4) is 0 Å². The van der Waals surface area contributed by atoms with Crippen LogP contribution in [0.3, 0.4) is 0 Å². The van der Waals surface area contributed by atoms with Gasteiger partial charge in [0.05, 0.1) is 52.9 Å². The van der Waals surface area contributed by atoms with Crippen molar-refractivity contribution in [2.24, 2.45) is 0 Å². The maximum Gasteiger partial charge on any atom is 0.0861 e. The van der Waals surface area contributed by atoms with Crippen LogP contribution in [0.2, 0.25) is 0 Å². The van der Waals surface area contributed by atoms with Crippen molar-refractivity contribution >= 4 is 0 Å². The molecule has 0 spiro atoms. The summed E-state index contributed by atoms with van der Waals surface area (Å²) in [6, 6.07) is 0.918. The normalized spacial score (nSPS) is 28.6. The Morgan fingerprint density at radius 1 is 0.708 bits per heavy atom. The minimum Gasteiger partial charge on any atom is -0.326 e. The number of unbranched alkanes of at least 4 members (excludes halogenated alkanes) is 5. The van der Waals surface area contributed by atoms with E-state index >= 15 is 0 Å². The number of rotatable bonds is 9. The van der Waals surface area contributed by atoms with E-state index in [1.54, 1.807) is 0 Å². The average Bonchev–Trinajstić information content (AvgIpc) is 3.12. The van der Waals surface area contributed by atoms with Crippen molar-refractivity contribution in [3.63, 3.8) is 0 Å². The molecule has 0 amide bonds. The summed E-state index contributed by atoms with van der Waals surface area (Å²) in [4.78, 5) is 0. The van der Waals surface area contributed by atoms with Gasteiger partial charge in [0.25, 0.3) is 0 Å². The van der Waals surface area contributed by atoms with E-state index < -0.39 is 0 Å². The van der Waals surface area contributed by atoms with Gasteiger partial charge in [-0.05, 0) is 32.6 Å². The summed E-state index contributed by atoms with van der Waals surface area (Å²) in [6.45, 7) is 14.1. The van der Waals surface area contributed by atoms with E-state index in [1.807, 2.05) is 0 Å². The lowest BCUT2D eigenvalue weighted by Crippen LogP contribution is -2.47. The molecule has 0 aromatic rings. The van der Waals surface area contributed by atoms with Crippen LogP contribution in [0, 0.1) is 0 Å². The SMILES string of the molecule is CCCCCC[N+]1(C)CCCC1C.CCCCC[N+]1(C)CCCC1. The van der Waals surface area contributed by atoms with Gasteiger partial charge in [-0.1, -0.05) is 33.1 Å². The predicted molar refractivity (Wildman–Crippen MR) is 108 cm³/mol. The van der Waals surface area contributed by atoms with E-state index in [0.29, 0.717) is 0 Å². The first kappa shape index (κ1) is 22.0. The average molecular weight is 341 g/mol.